The number of nitrogens with one attached hydrogen (secondary N) is 1. The van der Waals surface area contributed by atoms with Crippen LogP contribution in [-0.2, 0) is 19.1 Å². The molecule has 2 heterocycles. The molecule has 1 amide bonds. The van der Waals surface area contributed by atoms with E-state index in [-0.39, 0.29) is 0 Å². The van der Waals surface area contributed by atoms with Crippen molar-refractivity contribution in [3.8, 4) is 0 Å². The Balaban J connectivity index is 2.24. The Morgan fingerprint density at radius 1 is 1.45 bits per heavy atom. The maximum atomic E-state index is 13.0. The molecular weight excluding hydrogens is 279 g/mol. The molecule has 2 bridgehead atoms. The van der Waals surface area contributed by atoms with Gasteiger partial charge >= 0.3 is 12.1 Å². The summed E-state index contributed by atoms with van der Waals surface area (Å²) in [6, 6.07) is 0. The number of rotatable bonds is 3. The van der Waals surface area contributed by atoms with Crippen LogP contribution in [0.15, 0.2) is 22.8 Å². The minimum atomic E-state index is -4.66. The van der Waals surface area contributed by atoms with Gasteiger partial charge in [-0.25, -0.2) is 0 Å². The van der Waals surface area contributed by atoms with Crippen molar-refractivity contribution in [2.45, 2.75) is 25.3 Å². The Labute approximate surface area is 112 Å². The van der Waals surface area contributed by atoms with Crippen LogP contribution in [0.5, 0.6) is 0 Å². The zero-order chi connectivity index (χ0) is 15.1. The van der Waals surface area contributed by atoms with Crippen molar-refractivity contribution in [2.75, 3.05) is 13.7 Å². The number of carbonyl (C=O) groups excluding carboxylic acids is 2. The van der Waals surface area contributed by atoms with E-state index < -0.39 is 48.0 Å². The van der Waals surface area contributed by atoms with Crippen LogP contribution in [0, 0.1) is 0 Å². The molecular formula is C12H12F3NO4. The number of methoxy groups -OCH3 is 1. The maximum Gasteiger partial charge on any atom is 0.416 e. The maximum absolute atomic E-state index is 13.0. The smallest absolute Gasteiger partial charge is 0.416 e. The lowest BCUT2D eigenvalue weighted by Gasteiger charge is -2.17. The average Bonchev–Trinajstić information content (AvgIpc) is 2.90. The van der Waals surface area contributed by atoms with Crippen molar-refractivity contribution in [3.05, 3.63) is 22.8 Å². The molecule has 0 radical (unpaired) electrons. The topological polar surface area (TPSA) is 64.6 Å². The van der Waals surface area contributed by atoms with Crippen molar-refractivity contribution in [1.82, 2.24) is 5.32 Å². The largest absolute Gasteiger partial charge is 0.468 e. The highest BCUT2D eigenvalue weighted by molar-refractivity contribution is 5.99. The predicted molar refractivity (Wildman–Crippen MR) is 60.5 cm³/mol. The number of alkyl halides is 3. The second-order valence-electron chi connectivity index (χ2n) is 4.43. The molecule has 0 aromatic rings. The van der Waals surface area contributed by atoms with Crippen molar-refractivity contribution >= 4 is 11.9 Å². The van der Waals surface area contributed by atoms with Gasteiger partial charge in [-0.2, -0.15) is 13.2 Å². The first-order chi connectivity index (χ1) is 9.25. The van der Waals surface area contributed by atoms with Crippen LogP contribution < -0.4 is 5.32 Å². The van der Waals surface area contributed by atoms with Gasteiger partial charge in [-0.1, -0.05) is 0 Å². The fraction of sp³-hybridized carbons (Fsp3) is 0.500. The molecule has 0 spiro atoms. The van der Waals surface area contributed by atoms with E-state index in [9.17, 15) is 22.8 Å². The molecule has 0 aromatic carbocycles. The van der Waals surface area contributed by atoms with E-state index in [1.54, 1.807) is 6.92 Å². The Morgan fingerprint density at radius 3 is 2.65 bits per heavy atom. The van der Waals surface area contributed by atoms with Crippen molar-refractivity contribution in [1.29, 1.82) is 0 Å². The number of halogens is 3. The molecule has 1 N–H and O–H groups in total. The van der Waals surface area contributed by atoms with Crippen LogP contribution in [0.1, 0.15) is 6.92 Å². The Bertz CT molecular complexity index is 521. The number of carbonyl (C=O) groups is 2. The van der Waals surface area contributed by atoms with Crippen molar-refractivity contribution in [3.63, 3.8) is 0 Å². The molecule has 110 valence electrons. The molecule has 0 saturated heterocycles. The third-order valence-electron chi connectivity index (χ3n) is 3.12. The van der Waals surface area contributed by atoms with Crippen LogP contribution in [0.2, 0.25) is 0 Å². The van der Waals surface area contributed by atoms with Gasteiger partial charge in [0, 0.05) is 0 Å². The van der Waals surface area contributed by atoms with Gasteiger partial charge in [-0.05, 0) is 18.6 Å². The molecule has 20 heavy (non-hydrogen) atoms. The fourth-order valence-electron chi connectivity index (χ4n) is 2.24. The molecule has 8 heteroatoms. The summed E-state index contributed by atoms with van der Waals surface area (Å²) in [7, 11) is 1.11. The van der Waals surface area contributed by atoms with Gasteiger partial charge in [-0.15, -0.1) is 0 Å². The summed E-state index contributed by atoms with van der Waals surface area (Å²) in [4.78, 5) is 22.8. The van der Waals surface area contributed by atoms with E-state index in [2.05, 4.69) is 10.1 Å². The number of hydrogen-bond donors (Lipinski definition) is 1. The molecule has 2 aliphatic heterocycles. The predicted octanol–water partition coefficient (Wildman–Crippen LogP) is 0.862. The van der Waals surface area contributed by atoms with Crippen LogP contribution in [0.25, 0.3) is 0 Å². The molecule has 0 fully saturated rings. The lowest BCUT2D eigenvalue weighted by Crippen LogP contribution is -2.36. The standard InChI is InChI=1S/C12H12F3NO4/c1-5-3-6-9(12(13,14)15)8(10(5)20-6)11(18)16-4-7(17)19-2/h3,6,10H,4H2,1-2H3,(H,16,18). The van der Waals surface area contributed by atoms with E-state index in [4.69, 9.17) is 4.74 Å². The normalized spacial score (nSPS) is 24.8. The monoisotopic (exact) mass is 291 g/mol. The zero-order valence-corrected chi connectivity index (χ0v) is 10.7. The molecule has 2 unspecified atom stereocenters. The molecule has 0 aromatic heterocycles. The van der Waals surface area contributed by atoms with Gasteiger partial charge in [0.15, 0.2) is 0 Å². The second kappa shape index (κ2) is 4.93. The summed E-state index contributed by atoms with van der Waals surface area (Å²) in [5, 5.41) is 2.10. The molecule has 0 aliphatic carbocycles. The lowest BCUT2D eigenvalue weighted by atomic mass is 9.91. The molecule has 2 aliphatic rings. The fourth-order valence-corrected chi connectivity index (χ4v) is 2.24. The zero-order valence-electron chi connectivity index (χ0n) is 10.7. The van der Waals surface area contributed by atoms with E-state index in [0.29, 0.717) is 5.57 Å². The van der Waals surface area contributed by atoms with Crippen molar-refractivity contribution < 1.29 is 32.2 Å². The van der Waals surface area contributed by atoms with Gasteiger partial charge in [-0.3, -0.25) is 9.59 Å². The number of hydrogen-bond acceptors (Lipinski definition) is 4. The van der Waals surface area contributed by atoms with E-state index >= 15 is 0 Å². The van der Waals surface area contributed by atoms with Gasteiger partial charge in [0.25, 0.3) is 5.91 Å². The minimum absolute atomic E-state index is 0.480. The highest BCUT2D eigenvalue weighted by Gasteiger charge is 2.53. The second-order valence-corrected chi connectivity index (χ2v) is 4.43. The summed E-state index contributed by atoms with van der Waals surface area (Å²) in [6.07, 6.45) is -5.58. The molecule has 0 saturated carbocycles. The SMILES string of the molecule is COC(=O)CNC(=O)C1=C(C(F)(F)F)C2C=C(C)C1O2. The van der Waals surface area contributed by atoms with Crippen LogP contribution in [-0.4, -0.2) is 43.9 Å². The number of fused-ring (bicyclic) bond motifs is 2. The Hall–Kier alpha value is -1.83. The van der Waals surface area contributed by atoms with E-state index in [0.717, 1.165) is 7.11 Å². The minimum Gasteiger partial charge on any atom is -0.468 e. The summed E-state index contributed by atoms with van der Waals surface area (Å²) in [6.45, 7) is 1.09. The molecule has 2 rings (SSSR count). The molecule has 5 nitrogen and oxygen atoms in total. The van der Waals surface area contributed by atoms with Gasteiger partial charge in [0.1, 0.15) is 18.8 Å². The Morgan fingerprint density at radius 2 is 2.10 bits per heavy atom. The highest BCUT2D eigenvalue weighted by Crippen LogP contribution is 2.45. The number of amides is 1. The highest BCUT2D eigenvalue weighted by atomic mass is 19.4. The summed E-state index contributed by atoms with van der Waals surface area (Å²) in [5.74, 6) is -1.72. The third kappa shape index (κ3) is 2.43. The number of esters is 1. The lowest BCUT2D eigenvalue weighted by molar-refractivity contribution is -0.140. The van der Waals surface area contributed by atoms with Crippen LogP contribution >= 0.6 is 0 Å². The first-order valence-electron chi connectivity index (χ1n) is 5.75. The van der Waals surface area contributed by atoms with Crippen molar-refractivity contribution in [2.24, 2.45) is 0 Å². The number of ether oxygens (including phenoxy) is 2. The van der Waals surface area contributed by atoms with Gasteiger partial charge in [0.2, 0.25) is 0 Å². The quantitative estimate of drug-likeness (QED) is 0.619. The molecule has 2 atom stereocenters. The van der Waals surface area contributed by atoms with E-state index in [1.165, 1.54) is 6.08 Å². The summed E-state index contributed by atoms with van der Waals surface area (Å²) in [5.41, 5.74) is -0.937. The Kier molecular flexibility index (Phi) is 3.59. The van der Waals surface area contributed by atoms with Crippen LogP contribution in [0.3, 0.4) is 0 Å². The van der Waals surface area contributed by atoms with Gasteiger partial charge in [0.05, 0.1) is 18.3 Å². The third-order valence-corrected chi connectivity index (χ3v) is 3.12. The van der Waals surface area contributed by atoms with Gasteiger partial charge < -0.3 is 14.8 Å². The van der Waals surface area contributed by atoms with E-state index in [1.807, 2.05) is 0 Å². The van der Waals surface area contributed by atoms with Crippen LogP contribution in [0.4, 0.5) is 13.2 Å². The average molecular weight is 291 g/mol. The summed E-state index contributed by atoms with van der Waals surface area (Å²) < 4.78 is 48.4. The first kappa shape index (κ1) is 14.6. The summed E-state index contributed by atoms with van der Waals surface area (Å²) >= 11 is 0. The first-order valence-corrected chi connectivity index (χ1v) is 5.75.